The SMILES string of the molecule is Clc1ccccc1OCC1CCCc2[nH]cnc21. The molecule has 4 heteroatoms. The number of para-hydroxylation sites is 1. The minimum atomic E-state index is 0.372. The summed E-state index contributed by atoms with van der Waals surface area (Å²) >= 11 is 6.07. The van der Waals surface area contributed by atoms with E-state index in [2.05, 4.69) is 9.97 Å². The smallest absolute Gasteiger partial charge is 0.137 e. The van der Waals surface area contributed by atoms with Gasteiger partial charge in [-0.05, 0) is 31.4 Å². The van der Waals surface area contributed by atoms with Gasteiger partial charge >= 0.3 is 0 Å². The van der Waals surface area contributed by atoms with Crippen molar-refractivity contribution in [1.82, 2.24) is 9.97 Å². The van der Waals surface area contributed by atoms with Crippen molar-refractivity contribution in [3.8, 4) is 5.75 Å². The lowest BCUT2D eigenvalue weighted by molar-refractivity contribution is 0.272. The van der Waals surface area contributed by atoms with Crippen molar-refractivity contribution < 1.29 is 4.74 Å². The zero-order valence-electron chi connectivity index (χ0n) is 10.0. The Morgan fingerprint density at radius 1 is 1.39 bits per heavy atom. The number of halogens is 1. The van der Waals surface area contributed by atoms with E-state index in [0.717, 1.165) is 24.3 Å². The maximum atomic E-state index is 6.07. The summed E-state index contributed by atoms with van der Waals surface area (Å²) in [5, 5.41) is 0.663. The lowest BCUT2D eigenvalue weighted by atomic mass is 9.90. The van der Waals surface area contributed by atoms with Crippen molar-refractivity contribution in [2.75, 3.05) is 6.61 Å². The normalized spacial score (nSPS) is 18.4. The molecule has 0 aliphatic heterocycles. The van der Waals surface area contributed by atoms with Crippen LogP contribution in [-0.2, 0) is 6.42 Å². The van der Waals surface area contributed by atoms with Crippen molar-refractivity contribution in [3.63, 3.8) is 0 Å². The molecule has 0 radical (unpaired) electrons. The summed E-state index contributed by atoms with van der Waals surface area (Å²) in [5.74, 6) is 1.12. The third kappa shape index (κ3) is 2.23. The van der Waals surface area contributed by atoms with Crippen LogP contribution in [-0.4, -0.2) is 16.6 Å². The van der Waals surface area contributed by atoms with Gasteiger partial charge in [0.05, 0.1) is 23.7 Å². The maximum absolute atomic E-state index is 6.07. The number of aromatic amines is 1. The number of ether oxygens (including phenoxy) is 1. The summed E-state index contributed by atoms with van der Waals surface area (Å²) < 4.78 is 5.82. The Hall–Kier alpha value is -1.48. The molecule has 1 aromatic carbocycles. The first kappa shape index (κ1) is 11.6. The molecule has 0 fully saturated rings. The highest BCUT2D eigenvalue weighted by atomic mass is 35.5. The van der Waals surface area contributed by atoms with Gasteiger partial charge in [0.25, 0.3) is 0 Å². The van der Waals surface area contributed by atoms with E-state index in [4.69, 9.17) is 16.3 Å². The first-order valence-corrected chi connectivity index (χ1v) is 6.62. The number of H-pyrrole nitrogens is 1. The fraction of sp³-hybridized carbons (Fsp3) is 0.357. The van der Waals surface area contributed by atoms with Crippen molar-refractivity contribution in [2.24, 2.45) is 0 Å². The summed E-state index contributed by atoms with van der Waals surface area (Å²) in [5.41, 5.74) is 2.42. The molecule has 1 N–H and O–H groups in total. The van der Waals surface area contributed by atoms with Crippen molar-refractivity contribution >= 4 is 11.6 Å². The molecule has 0 saturated heterocycles. The van der Waals surface area contributed by atoms with E-state index in [1.54, 1.807) is 6.33 Å². The monoisotopic (exact) mass is 262 g/mol. The maximum Gasteiger partial charge on any atom is 0.137 e. The van der Waals surface area contributed by atoms with Gasteiger partial charge < -0.3 is 9.72 Å². The second-order valence-electron chi connectivity index (χ2n) is 4.60. The first-order chi connectivity index (χ1) is 8.84. The van der Waals surface area contributed by atoms with E-state index in [9.17, 15) is 0 Å². The molecule has 0 bridgehead atoms. The van der Waals surface area contributed by atoms with Crippen molar-refractivity contribution in [1.29, 1.82) is 0 Å². The van der Waals surface area contributed by atoms with Gasteiger partial charge in [-0.1, -0.05) is 23.7 Å². The molecule has 0 amide bonds. The van der Waals surface area contributed by atoms with E-state index in [1.807, 2.05) is 24.3 Å². The largest absolute Gasteiger partial charge is 0.491 e. The van der Waals surface area contributed by atoms with Crippen LogP contribution in [0.15, 0.2) is 30.6 Å². The number of hydrogen-bond acceptors (Lipinski definition) is 2. The van der Waals surface area contributed by atoms with E-state index >= 15 is 0 Å². The number of fused-ring (bicyclic) bond motifs is 1. The molecule has 18 heavy (non-hydrogen) atoms. The summed E-state index contributed by atoms with van der Waals surface area (Å²) in [4.78, 5) is 7.61. The van der Waals surface area contributed by atoms with Gasteiger partial charge in [-0.2, -0.15) is 0 Å². The van der Waals surface area contributed by atoms with Gasteiger partial charge in [0.1, 0.15) is 5.75 Å². The van der Waals surface area contributed by atoms with Gasteiger partial charge in [-0.15, -0.1) is 0 Å². The zero-order valence-corrected chi connectivity index (χ0v) is 10.8. The fourth-order valence-electron chi connectivity index (χ4n) is 2.46. The predicted molar refractivity (Wildman–Crippen MR) is 71.2 cm³/mol. The Labute approximate surface area is 111 Å². The standard InChI is InChI=1S/C14H15ClN2O/c15-11-5-1-2-7-13(11)18-8-10-4-3-6-12-14(10)17-9-16-12/h1-2,5,7,9-10H,3-4,6,8H2,(H,16,17). The molecule has 1 unspecified atom stereocenters. The number of rotatable bonds is 3. The third-order valence-corrected chi connectivity index (χ3v) is 3.71. The highest BCUT2D eigenvalue weighted by Gasteiger charge is 2.23. The van der Waals surface area contributed by atoms with E-state index in [0.29, 0.717) is 17.5 Å². The Morgan fingerprint density at radius 2 is 2.28 bits per heavy atom. The number of nitrogens with one attached hydrogen (secondary N) is 1. The summed E-state index contributed by atoms with van der Waals surface area (Å²) in [6, 6.07) is 7.58. The fourth-order valence-corrected chi connectivity index (χ4v) is 2.65. The van der Waals surface area contributed by atoms with Crippen molar-refractivity contribution in [3.05, 3.63) is 47.0 Å². The van der Waals surface area contributed by atoms with E-state index < -0.39 is 0 Å². The average Bonchev–Trinajstić information content (AvgIpc) is 2.86. The molecule has 0 spiro atoms. The lowest BCUT2D eigenvalue weighted by Crippen LogP contribution is -2.16. The van der Waals surface area contributed by atoms with Gasteiger partial charge in [-0.3, -0.25) is 0 Å². The summed E-state index contributed by atoms with van der Waals surface area (Å²) in [6.45, 7) is 0.640. The second kappa shape index (κ2) is 5.02. The van der Waals surface area contributed by atoms with Gasteiger partial charge in [0.15, 0.2) is 0 Å². The molecule has 1 aliphatic carbocycles. The molecular weight excluding hydrogens is 248 g/mol. The molecule has 1 heterocycles. The quantitative estimate of drug-likeness (QED) is 0.918. The Kier molecular flexibility index (Phi) is 3.24. The highest BCUT2D eigenvalue weighted by molar-refractivity contribution is 6.32. The van der Waals surface area contributed by atoms with Crippen LogP contribution in [0.5, 0.6) is 5.75 Å². The molecule has 3 nitrogen and oxygen atoms in total. The van der Waals surface area contributed by atoms with Crippen LogP contribution in [0.3, 0.4) is 0 Å². The van der Waals surface area contributed by atoms with Crippen LogP contribution in [0, 0.1) is 0 Å². The molecule has 1 aromatic heterocycles. The minimum Gasteiger partial charge on any atom is -0.491 e. The predicted octanol–water partition coefficient (Wildman–Crippen LogP) is 3.56. The molecule has 1 atom stereocenters. The highest BCUT2D eigenvalue weighted by Crippen LogP contribution is 2.31. The number of nitrogens with zero attached hydrogens (tertiary/aromatic N) is 1. The van der Waals surface area contributed by atoms with Crippen LogP contribution >= 0.6 is 11.6 Å². The van der Waals surface area contributed by atoms with Gasteiger partial charge in [0.2, 0.25) is 0 Å². The van der Waals surface area contributed by atoms with Crippen LogP contribution in [0.4, 0.5) is 0 Å². The van der Waals surface area contributed by atoms with Gasteiger partial charge in [-0.25, -0.2) is 4.98 Å². The minimum absolute atomic E-state index is 0.372. The van der Waals surface area contributed by atoms with Crippen LogP contribution in [0.2, 0.25) is 5.02 Å². The summed E-state index contributed by atoms with van der Waals surface area (Å²) in [6.07, 6.45) is 5.18. The van der Waals surface area contributed by atoms with Crippen LogP contribution in [0.25, 0.3) is 0 Å². The number of hydrogen-bond donors (Lipinski definition) is 1. The Morgan fingerprint density at radius 3 is 3.17 bits per heavy atom. The van der Waals surface area contributed by atoms with Crippen molar-refractivity contribution in [2.45, 2.75) is 25.2 Å². The molecule has 0 saturated carbocycles. The molecule has 94 valence electrons. The number of aromatic nitrogens is 2. The van der Waals surface area contributed by atoms with E-state index in [1.165, 1.54) is 12.1 Å². The lowest BCUT2D eigenvalue weighted by Gasteiger charge is -2.21. The molecule has 2 aromatic rings. The first-order valence-electron chi connectivity index (χ1n) is 6.24. The Bertz CT molecular complexity index is 538. The average molecular weight is 263 g/mol. The molecular formula is C14H15ClN2O. The van der Waals surface area contributed by atoms with E-state index in [-0.39, 0.29) is 0 Å². The van der Waals surface area contributed by atoms with Crippen LogP contribution < -0.4 is 4.74 Å². The number of imidazole rings is 1. The van der Waals surface area contributed by atoms with Gasteiger partial charge in [0, 0.05) is 11.6 Å². The zero-order chi connectivity index (χ0) is 12.4. The van der Waals surface area contributed by atoms with Crippen LogP contribution in [0.1, 0.15) is 30.1 Å². The number of aryl methyl sites for hydroxylation is 1. The Balaban J connectivity index is 1.71. The third-order valence-electron chi connectivity index (χ3n) is 3.39. The number of benzene rings is 1. The summed E-state index contributed by atoms with van der Waals surface area (Å²) in [7, 11) is 0. The topological polar surface area (TPSA) is 37.9 Å². The molecule has 3 rings (SSSR count). The second-order valence-corrected chi connectivity index (χ2v) is 5.00. The molecule has 1 aliphatic rings.